The number of hydrogen-bond donors (Lipinski definition) is 1. The molecule has 0 radical (unpaired) electrons. The molecule has 1 fully saturated rings. The van der Waals surface area contributed by atoms with Crippen molar-refractivity contribution in [3.8, 4) is 0 Å². The smallest absolute Gasteiger partial charge is 0.141 e. The lowest BCUT2D eigenvalue weighted by molar-refractivity contribution is 0.279. The number of piperidine rings is 1. The molecule has 1 aliphatic rings. The van der Waals surface area contributed by atoms with E-state index in [4.69, 9.17) is 0 Å². The Hall–Kier alpha value is -1.14. The quantitative estimate of drug-likeness (QED) is 0.809. The fourth-order valence-corrected chi connectivity index (χ4v) is 3.78. The lowest BCUT2D eigenvalue weighted by atomic mass is 9.86. The average molecular weight is 394 g/mol. The second-order valence-corrected chi connectivity index (χ2v) is 6.59. The molecule has 1 saturated heterocycles. The first-order chi connectivity index (χ1) is 10.3. The normalized spacial score (nSPS) is 16.2. The highest BCUT2D eigenvalue weighted by Gasteiger charge is 2.23. The molecule has 0 saturated carbocycles. The molecular weight excluding hydrogens is 375 g/mol. The number of halogens is 1. The second-order valence-electron chi connectivity index (χ2n) is 5.43. The second kappa shape index (κ2) is 6.75. The van der Waals surface area contributed by atoms with Crippen LogP contribution in [0.5, 0.6) is 0 Å². The van der Waals surface area contributed by atoms with Crippen LogP contribution >= 0.6 is 22.6 Å². The van der Waals surface area contributed by atoms with Crippen molar-refractivity contribution in [1.82, 2.24) is 4.98 Å². The Kier molecular flexibility index (Phi) is 4.75. The topological polar surface area (TPSA) is 36.4 Å². The molecule has 0 bridgehead atoms. The highest BCUT2D eigenvalue weighted by molar-refractivity contribution is 14.1. The average Bonchev–Trinajstić information content (AvgIpc) is 2.55. The van der Waals surface area contributed by atoms with Crippen molar-refractivity contribution in [2.75, 3.05) is 18.0 Å². The maximum absolute atomic E-state index is 9.49. The molecule has 0 spiro atoms. The van der Waals surface area contributed by atoms with Crippen LogP contribution in [0.15, 0.2) is 42.6 Å². The zero-order valence-electron chi connectivity index (χ0n) is 11.9. The minimum absolute atomic E-state index is 0.133. The first-order valence-corrected chi connectivity index (χ1v) is 8.41. The van der Waals surface area contributed by atoms with Gasteiger partial charge in [-0.3, -0.25) is 0 Å². The molecule has 2 aromatic rings. The van der Waals surface area contributed by atoms with Gasteiger partial charge < -0.3 is 10.0 Å². The molecule has 1 aromatic carbocycles. The zero-order chi connectivity index (χ0) is 14.7. The van der Waals surface area contributed by atoms with Crippen LogP contribution in [-0.2, 0) is 6.61 Å². The molecule has 3 nitrogen and oxygen atoms in total. The summed E-state index contributed by atoms with van der Waals surface area (Å²) in [6, 6.07) is 12.4. The van der Waals surface area contributed by atoms with Gasteiger partial charge in [0.1, 0.15) is 5.82 Å². The lowest BCUT2D eigenvalue weighted by Crippen LogP contribution is -2.34. The van der Waals surface area contributed by atoms with Gasteiger partial charge in [-0.05, 0) is 64.6 Å². The van der Waals surface area contributed by atoms with E-state index in [-0.39, 0.29) is 6.61 Å². The minimum Gasteiger partial charge on any atom is -0.392 e. The number of anilines is 1. The molecule has 110 valence electrons. The molecule has 0 amide bonds. The Bertz CT molecular complexity index is 609. The van der Waals surface area contributed by atoms with E-state index in [0.29, 0.717) is 5.92 Å². The lowest BCUT2D eigenvalue weighted by Gasteiger charge is -2.34. The van der Waals surface area contributed by atoms with E-state index in [1.165, 1.54) is 9.13 Å². The Balaban J connectivity index is 1.72. The maximum Gasteiger partial charge on any atom is 0.141 e. The van der Waals surface area contributed by atoms with Crippen molar-refractivity contribution in [3.63, 3.8) is 0 Å². The van der Waals surface area contributed by atoms with Crippen molar-refractivity contribution in [2.45, 2.75) is 25.4 Å². The molecule has 2 heterocycles. The number of pyridine rings is 1. The van der Waals surface area contributed by atoms with Gasteiger partial charge in [0.2, 0.25) is 0 Å². The predicted molar refractivity (Wildman–Crippen MR) is 93.5 cm³/mol. The highest BCUT2D eigenvalue weighted by Crippen LogP contribution is 2.32. The Morgan fingerprint density at radius 1 is 1.14 bits per heavy atom. The number of aliphatic hydroxyl groups is 1. The predicted octanol–water partition coefficient (Wildman–Crippen LogP) is 3.56. The van der Waals surface area contributed by atoms with Crippen LogP contribution < -0.4 is 4.90 Å². The van der Waals surface area contributed by atoms with Gasteiger partial charge in [-0.25, -0.2) is 4.98 Å². The Labute approximate surface area is 139 Å². The fourth-order valence-electron chi connectivity index (χ4n) is 3.09. The van der Waals surface area contributed by atoms with Crippen LogP contribution in [-0.4, -0.2) is 23.2 Å². The van der Waals surface area contributed by atoms with Gasteiger partial charge in [-0.1, -0.05) is 24.3 Å². The molecule has 0 aliphatic carbocycles. The van der Waals surface area contributed by atoms with Gasteiger partial charge in [0.05, 0.1) is 10.2 Å². The number of nitrogens with zero attached hydrogens (tertiary/aromatic N) is 2. The fraction of sp³-hybridized carbons (Fsp3) is 0.353. The molecule has 0 unspecified atom stereocenters. The van der Waals surface area contributed by atoms with Crippen LogP contribution in [0, 0.1) is 3.57 Å². The van der Waals surface area contributed by atoms with Gasteiger partial charge in [0.15, 0.2) is 0 Å². The minimum atomic E-state index is 0.133. The van der Waals surface area contributed by atoms with E-state index >= 15 is 0 Å². The summed E-state index contributed by atoms with van der Waals surface area (Å²) in [6.45, 7) is 2.18. The van der Waals surface area contributed by atoms with Gasteiger partial charge in [0.25, 0.3) is 0 Å². The van der Waals surface area contributed by atoms with E-state index in [1.807, 2.05) is 24.4 Å². The number of aromatic nitrogens is 1. The molecule has 3 rings (SSSR count). The molecule has 1 aliphatic heterocycles. The summed E-state index contributed by atoms with van der Waals surface area (Å²) >= 11 is 2.35. The monoisotopic (exact) mass is 394 g/mol. The van der Waals surface area contributed by atoms with E-state index in [2.05, 4.69) is 50.7 Å². The molecule has 1 N–H and O–H groups in total. The van der Waals surface area contributed by atoms with Crippen molar-refractivity contribution in [1.29, 1.82) is 0 Å². The van der Waals surface area contributed by atoms with E-state index in [9.17, 15) is 5.11 Å². The largest absolute Gasteiger partial charge is 0.392 e. The van der Waals surface area contributed by atoms with E-state index < -0.39 is 0 Å². The van der Waals surface area contributed by atoms with Gasteiger partial charge >= 0.3 is 0 Å². The number of aliphatic hydroxyl groups excluding tert-OH is 1. The third-order valence-corrected chi connectivity index (χ3v) is 5.04. The van der Waals surface area contributed by atoms with Gasteiger partial charge in [0, 0.05) is 19.3 Å². The molecule has 21 heavy (non-hydrogen) atoms. The molecule has 1 aromatic heterocycles. The summed E-state index contributed by atoms with van der Waals surface area (Å²) in [4.78, 5) is 6.89. The standard InChI is InChI=1S/C17H19IN2O/c18-16-6-3-9-19-17(16)20-10-7-13(8-11-20)15-5-2-1-4-14(15)12-21/h1-6,9,13,21H,7-8,10-12H2. The van der Waals surface area contributed by atoms with Crippen LogP contribution in [0.3, 0.4) is 0 Å². The van der Waals surface area contributed by atoms with E-state index in [0.717, 1.165) is 37.3 Å². The van der Waals surface area contributed by atoms with Crippen molar-refractivity contribution in [3.05, 3.63) is 57.3 Å². The first kappa shape index (κ1) is 14.8. The third kappa shape index (κ3) is 3.21. The van der Waals surface area contributed by atoms with Crippen LogP contribution in [0.4, 0.5) is 5.82 Å². The number of rotatable bonds is 3. The summed E-state index contributed by atoms with van der Waals surface area (Å²) in [7, 11) is 0. The Morgan fingerprint density at radius 3 is 2.62 bits per heavy atom. The van der Waals surface area contributed by atoms with Crippen molar-refractivity contribution in [2.24, 2.45) is 0 Å². The zero-order valence-corrected chi connectivity index (χ0v) is 14.0. The van der Waals surface area contributed by atoms with Crippen LogP contribution in [0.2, 0.25) is 0 Å². The van der Waals surface area contributed by atoms with Gasteiger partial charge in [-0.2, -0.15) is 0 Å². The number of benzene rings is 1. The molecule has 4 heteroatoms. The van der Waals surface area contributed by atoms with Crippen LogP contribution in [0.25, 0.3) is 0 Å². The van der Waals surface area contributed by atoms with Gasteiger partial charge in [-0.15, -0.1) is 0 Å². The first-order valence-electron chi connectivity index (χ1n) is 7.33. The molecule has 0 atom stereocenters. The van der Waals surface area contributed by atoms with Crippen LogP contribution in [0.1, 0.15) is 29.9 Å². The molecular formula is C17H19IN2O. The SMILES string of the molecule is OCc1ccccc1C1CCN(c2ncccc2I)CC1. The summed E-state index contributed by atoms with van der Waals surface area (Å²) in [5.41, 5.74) is 2.39. The highest BCUT2D eigenvalue weighted by atomic mass is 127. The summed E-state index contributed by atoms with van der Waals surface area (Å²) < 4.78 is 1.21. The third-order valence-electron chi connectivity index (χ3n) is 4.20. The summed E-state index contributed by atoms with van der Waals surface area (Å²) in [5.74, 6) is 1.65. The Morgan fingerprint density at radius 2 is 1.90 bits per heavy atom. The maximum atomic E-state index is 9.49. The number of hydrogen-bond acceptors (Lipinski definition) is 3. The van der Waals surface area contributed by atoms with Crippen molar-refractivity contribution >= 4 is 28.4 Å². The summed E-state index contributed by atoms with van der Waals surface area (Å²) in [5, 5.41) is 9.49. The van der Waals surface area contributed by atoms with E-state index in [1.54, 1.807) is 0 Å². The summed E-state index contributed by atoms with van der Waals surface area (Å²) in [6.07, 6.45) is 4.10. The van der Waals surface area contributed by atoms with Crippen molar-refractivity contribution < 1.29 is 5.11 Å².